The molecule has 2 amide bonds. The Labute approximate surface area is 92.5 Å². The summed E-state index contributed by atoms with van der Waals surface area (Å²) in [4.78, 5) is 11.0. The summed E-state index contributed by atoms with van der Waals surface area (Å²) in [6.45, 7) is -0.341. The van der Waals surface area contributed by atoms with Crippen LogP contribution in [0, 0.1) is 17.7 Å². The number of anilines is 1. The van der Waals surface area contributed by atoms with Crippen LogP contribution >= 0.6 is 0 Å². The molecule has 0 bridgehead atoms. The predicted octanol–water partition coefficient (Wildman–Crippen LogP) is 0.921. The van der Waals surface area contributed by atoms with Crippen LogP contribution in [0.4, 0.5) is 14.9 Å². The largest absolute Gasteiger partial charge is 0.384 e. The summed E-state index contributed by atoms with van der Waals surface area (Å²) in [7, 11) is 1.48. The first-order valence-electron chi connectivity index (χ1n) is 4.55. The Morgan fingerprint density at radius 1 is 1.56 bits per heavy atom. The van der Waals surface area contributed by atoms with Crippen molar-refractivity contribution in [1.82, 2.24) is 5.32 Å². The molecule has 0 saturated carbocycles. The van der Waals surface area contributed by atoms with Crippen LogP contribution in [0.25, 0.3) is 0 Å². The van der Waals surface area contributed by atoms with Gasteiger partial charge in [0.25, 0.3) is 0 Å². The third kappa shape index (κ3) is 3.26. The second-order valence-electron chi connectivity index (χ2n) is 2.86. The predicted molar refractivity (Wildman–Crippen MR) is 58.4 cm³/mol. The number of carbonyl (C=O) groups excluding carboxylic acids is 1. The first-order chi connectivity index (χ1) is 7.67. The lowest BCUT2D eigenvalue weighted by atomic mass is 10.2. The molecule has 0 unspecified atom stereocenters. The van der Waals surface area contributed by atoms with Gasteiger partial charge in [0.05, 0.1) is 5.56 Å². The fraction of sp³-hybridized carbons (Fsp3) is 0.182. The zero-order chi connectivity index (χ0) is 12.0. The lowest BCUT2D eigenvalue weighted by Gasteiger charge is -2.04. The lowest BCUT2D eigenvalue weighted by Crippen LogP contribution is -2.24. The van der Waals surface area contributed by atoms with Crippen LogP contribution < -0.4 is 10.6 Å². The minimum absolute atomic E-state index is 0.128. The van der Waals surface area contributed by atoms with E-state index in [0.29, 0.717) is 5.69 Å². The van der Waals surface area contributed by atoms with Gasteiger partial charge in [-0.1, -0.05) is 11.8 Å². The Bertz CT molecular complexity index is 449. The van der Waals surface area contributed by atoms with Gasteiger partial charge >= 0.3 is 6.03 Å². The minimum Gasteiger partial charge on any atom is -0.384 e. The summed E-state index contributed by atoms with van der Waals surface area (Å²) in [6, 6.07) is 3.63. The zero-order valence-corrected chi connectivity index (χ0v) is 8.67. The highest BCUT2D eigenvalue weighted by Crippen LogP contribution is 2.13. The Kier molecular flexibility index (Phi) is 4.30. The van der Waals surface area contributed by atoms with Crippen molar-refractivity contribution in [2.75, 3.05) is 19.0 Å². The Morgan fingerprint density at radius 3 is 2.94 bits per heavy atom. The van der Waals surface area contributed by atoms with Crippen LogP contribution in [0.5, 0.6) is 0 Å². The van der Waals surface area contributed by atoms with Crippen molar-refractivity contribution in [2.24, 2.45) is 0 Å². The first-order valence-corrected chi connectivity index (χ1v) is 4.55. The number of hydrogen-bond donors (Lipinski definition) is 3. The van der Waals surface area contributed by atoms with Gasteiger partial charge in [-0.2, -0.15) is 0 Å². The van der Waals surface area contributed by atoms with Crippen molar-refractivity contribution >= 4 is 11.7 Å². The van der Waals surface area contributed by atoms with Gasteiger partial charge in [-0.25, -0.2) is 9.18 Å². The van der Waals surface area contributed by atoms with Gasteiger partial charge in [0.2, 0.25) is 0 Å². The van der Waals surface area contributed by atoms with Gasteiger partial charge in [0.15, 0.2) is 0 Å². The van der Waals surface area contributed by atoms with Gasteiger partial charge in [-0.05, 0) is 18.2 Å². The summed E-state index contributed by atoms with van der Waals surface area (Å²) < 4.78 is 13.2. The number of benzene rings is 1. The van der Waals surface area contributed by atoms with E-state index in [2.05, 4.69) is 22.5 Å². The van der Waals surface area contributed by atoms with E-state index in [-0.39, 0.29) is 12.2 Å². The number of aliphatic hydroxyl groups excluding tert-OH is 1. The fourth-order valence-corrected chi connectivity index (χ4v) is 1.03. The molecule has 0 aliphatic carbocycles. The molecule has 1 rings (SSSR count). The van der Waals surface area contributed by atoms with E-state index < -0.39 is 11.8 Å². The maximum absolute atomic E-state index is 13.2. The smallest absolute Gasteiger partial charge is 0.318 e. The lowest BCUT2D eigenvalue weighted by molar-refractivity contribution is 0.254. The number of hydrogen-bond acceptors (Lipinski definition) is 2. The number of rotatable bonds is 1. The number of halogens is 1. The molecule has 0 fully saturated rings. The Hall–Kier alpha value is -2.06. The highest BCUT2D eigenvalue weighted by Gasteiger charge is 2.03. The number of carbonyl (C=O) groups is 1. The average Bonchev–Trinajstić information content (AvgIpc) is 2.29. The normalized spacial score (nSPS) is 8.94. The summed E-state index contributed by atoms with van der Waals surface area (Å²) in [6.07, 6.45) is 0. The molecule has 84 valence electrons. The van der Waals surface area contributed by atoms with E-state index >= 15 is 0 Å². The molecule has 4 nitrogen and oxygen atoms in total. The van der Waals surface area contributed by atoms with Crippen LogP contribution in [0.15, 0.2) is 18.2 Å². The Balaban J connectivity index is 2.93. The molecule has 1 aromatic rings. The molecule has 0 heterocycles. The van der Waals surface area contributed by atoms with E-state index in [1.165, 1.54) is 25.2 Å². The van der Waals surface area contributed by atoms with E-state index in [1.54, 1.807) is 0 Å². The topological polar surface area (TPSA) is 61.4 Å². The van der Waals surface area contributed by atoms with Gasteiger partial charge in [0.1, 0.15) is 12.4 Å². The van der Waals surface area contributed by atoms with Crippen molar-refractivity contribution in [1.29, 1.82) is 0 Å². The Morgan fingerprint density at radius 2 is 2.31 bits per heavy atom. The quantitative estimate of drug-likeness (QED) is 0.619. The minimum atomic E-state index is -0.497. The van der Waals surface area contributed by atoms with E-state index in [1.807, 2.05) is 0 Å². The summed E-state index contributed by atoms with van der Waals surface area (Å²) in [5.74, 6) is 4.29. The maximum Gasteiger partial charge on any atom is 0.318 e. The van der Waals surface area contributed by atoms with E-state index in [0.717, 1.165) is 0 Å². The number of amides is 2. The highest BCUT2D eigenvalue weighted by atomic mass is 19.1. The molecular formula is C11H11FN2O2. The van der Waals surface area contributed by atoms with Crippen LogP contribution in [0.3, 0.4) is 0 Å². The molecule has 16 heavy (non-hydrogen) atoms. The fourth-order valence-electron chi connectivity index (χ4n) is 1.03. The molecule has 0 spiro atoms. The molecule has 0 saturated heterocycles. The molecule has 5 heteroatoms. The third-order valence-electron chi connectivity index (χ3n) is 1.75. The van der Waals surface area contributed by atoms with Crippen molar-refractivity contribution in [3.05, 3.63) is 29.6 Å². The SMILES string of the molecule is CNC(=O)Nc1ccc(F)c(C#CCO)c1. The van der Waals surface area contributed by atoms with E-state index in [4.69, 9.17) is 5.11 Å². The van der Waals surface area contributed by atoms with Gasteiger partial charge in [-0.3, -0.25) is 0 Å². The van der Waals surface area contributed by atoms with Gasteiger partial charge < -0.3 is 15.7 Å². The molecule has 0 aromatic heterocycles. The second-order valence-corrected chi connectivity index (χ2v) is 2.86. The average molecular weight is 222 g/mol. The summed E-state index contributed by atoms with van der Waals surface area (Å²) in [5, 5.41) is 13.4. The number of nitrogens with one attached hydrogen (secondary N) is 2. The van der Waals surface area contributed by atoms with Crippen molar-refractivity contribution in [3.63, 3.8) is 0 Å². The third-order valence-corrected chi connectivity index (χ3v) is 1.75. The van der Waals surface area contributed by atoms with Crippen molar-refractivity contribution in [3.8, 4) is 11.8 Å². The van der Waals surface area contributed by atoms with Gasteiger partial charge in [-0.15, -0.1) is 0 Å². The molecule has 1 aromatic carbocycles. The van der Waals surface area contributed by atoms with E-state index in [9.17, 15) is 9.18 Å². The van der Waals surface area contributed by atoms with Crippen LogP contribution in [-0.4, -0.2) is 24.8 Å². The molecule has 0 atom stereocenters. The second kappa shape index (κ2) is 5.73. The summed E-state index contributed by atoms with van der Waals surface area (Å²) in [5.41, 5.74) is 0.561. The maximum atomic E-state index is 13.2. The molecule has 0 aliphatic heterocycles. The molecule has 3 N–H and O–H groups in total. The highest BCUT2D eigenvalue weighted by molar-refractivity contribution is 5.89. The number of urea groups is 1. The zero-order valence-electron chi connectivity index (χ0n) is 8.67. The monoisotopic (exact) mass is 222 g/mol. The molecule has 0 aliphatic rings. The van der Waals surface area contributed by atoms with Crippen molar-refractivity contribution in [2.45, 2.75) is 0 Å². The molecule has 0 radical (unpaired) electrons. The van der Waals surface area contributed by atoms with Crippen molar-refractivity contribution < 1.29 is 14.3 Å². The molecular weight excluding hydrogens is 211 g/mol. The first kappa shape index (κ1) is 12.0. The van der Waals surface area contributed by atoms with Gasteiger partial charge in [0, 0.05) is 12.7 Å². The standard InChI is InChI=1S/C11H11FN2O2/c1-13-11(16)14-9-4-5-10(12)8(7-9)3-2-6-15/h4-5,7,15H,6H2,1H3,(H2,13,14,16). The van der Waals surface area contributed by atoms with Crippen LogP contribution in [0.2, 0.25) is 0 Å². The summed E-state index contributed by atoms with van der Waals surface area (Å²) >= 11 is 0. The van der Waals surface area contributed by atoms with Crippen LogP contribution in [0.1, 0.15) is 5.56 Å². The van der Waals surface area contributed by atoms with Crippen LogP contribution in [-0.2, 0) is 0 Å². The number of aliphatic hydroxyl groups is 1.